The van der Waals surface area contributed by atoms with Crippen molar-refractivity contribution in [2.24, 2.45) is 0 Å². The fourth-order valence-corrected chi connectivity index (χ4v) is 4.93. The summed E-state index contributed by atoms with van der Waals surface area (Å²) in [6.07, 6.45) is 1.49. The van der Waals surface area contributed by atoms with Crippen LogP contribution in [0.2, 0.25) is 5.02 Å². The summed E-state index contributed by atoms with van der Waals surface area (Å²) in [5, 5.41) is 14.0. The third-order valence-electron chi connectivity index (χ3n) is 5.46. The molecule has 0 spiro atoms. The highest BCUT2D eigenvalue weighted by Crippen LogP contribution is 2.36. The number of nitrogens with one attached hydrogen (secondary N) is 1. The average molecular weight is 617 g/mol. The number of hydrogen-bond acceptors (Lipinski definition) is 7. The summed E-state index contributed by atoms with van der Waals surface area (Å²) in [6.45, 7) is 1.31. The Morgan fingerprint density at radius 3 is 2.68 bits per heavy atom. The minimum atomic E-state index is -0.585. The third kappa shape index (κ3) is 6.42. The first-order valence-electron chi connectivity index (χ1n) is 11.1. The molecular formula is C26H19BrClN3O6S. The van der Waals surface area contributed by atoms with Crippen LogP contribution in [0.5, 0.6) is 5.75 Å². The largest absolute Gasteiger partial charge is 0.483 e. The number of ether oxygens (including phenoxy) is 1. The predicted octanol–water partition coefficient (Wildman–Crippen LogP) is 6.57. The van der Waals surface area contributed by atoms with Crippen LogP contribution in [-0.4, -0.2) is 33.5 Å². The first-order valence-corrected chi connectivity index (χ1v) is 13.1. The van der Waals surface area contributed by atoms with E-state index in [4.69, 9.17) is 16.3 Å². The van der Waals surface area contributed by atoms with E-state index in [0.29, 0.717) is 26.5 Å². The van der Waals surface area contributed by atoms with Crippen molar-refractivity contribution in [3.05, 3.63) is 102 Å². The van der Waals surface area contributed by atoms with Gasteiger partial charge in [-0.1, -0.05) is 51.8 Å². The lowest BCUT2D eigenvalue weighted by Crippen LogP contribution is -2.27. The number of carbonyl (C=O) groups excluding carboxylic acids is 3. The molecule has 0 aromatic heterocycles. The summed E-state index contributed by atoms with van der Waals surface area (Å²) in [6, 6.07) is 16.1. The molecule has 0 atom stereocenters. The highest BCUT2D eigenvalue weighted by atomic mass is 79.9. The van der Waals surface area contributed by atoms with E-state index in [1.54, 1.807) is 42.5 Å². The molecule has 194 valence electrons. The predicted molar refractivity (Wildman–Crippen MR) is 149 cm³/mol. The molecule has 0 radical (unpaired) electrons. The van der Waals surface area contributed by atoms with Crippen molar-refractivity contribution in [1.29, 1.82) is 0 Å². The van der Waals surface area contributed by atoms with Gasteiger partial charge in [-0.25, -0.2) is 0 Å². The molecule has 1 heterocycles. The van der Waals surface area contributed by atoms with E-state index in [0.717, 1.165) is 22.2 Å². The van der Waals surface area contributed by atoms with Gasteiger partial charge in [-0.2, -0.15) is 0 Å². The molecule has 0 bridgehead atoms. The Hall–Kier alpha value is -3.67. The number of imide groups is 1. The zero-order valence-electron chi connectivity index (χ0n) is 19.8. The van der Waals surface area contributed by atoms with Gasteiger partial charge in [0.2, 0.25) is 0 Å². The van der Waals surface area contributed by atoms with Gasteiger partial charge in [0.1, 0.15) is 5.75 Å². The van der Waals surface area contributed by atoms with Crippen LogP contribution in [0.1, 0.15) is 16.7 Å². The fourth-order valence-electron chi connectivity index (χ4n) is 3.55. The quantitative estimate of drug-likeness (QED) is 0.173. The molecule has 12 heteroatoms. The molecule has 1 N–H and O–H groups in total. The Bertz CT molecular complexity index is 1500. The van der Waals surface area contributed by atoms with Crippen LogP contribution >= 0.6 is 39.3 Å². The molecule has 9 nitrogen and oxygen atoms in total. The lowest BCUT2D eigenvalue weighted by Gasteiger charge is -2.13. The standard InChI is InChI=1S/C26H19BrClN3O6S/c1-15-6-8-19(12-20(15)28)29-24(32)14-37-22-9-7-18(27)10-17(22)11-23-25(33)30(26(34)38-23)13-16-4-2-3-5-21(16)31(35)36/h2-12H,13-14H2,1H3,(H,29,32)/b23-11-. The second kappa shape index (κ2) is 11.8. The van der Waals surface area contributed by atoms with Gasteiger partial charge in [0.15, 0.2) is 6.61 Å². The van der Waals surface area contributed by atoms with Crippen LogP contribution in [-0.2, 0) is 16.1 Å². The van der Waals surface area contributed by atoms with E-state index in [9.17, 15) is 24.5 Å². The minimum Gasteiger partial charge on any atom is -0.483 e. The van der Waals surface area contributed by atoms with Crippen LogP contribution < -0.4 is 10.1 Å². The maximum atomic E-state index is 13.0. The smallest absolute Gasteiger partial charge is 0.293 e. The first kappa shape index (κ1) is 27.4. The number of aryl methyl sites for hydroxylation is 1. The number of rotatable bonds is 8. The van der Waals surface area contributed by atoms with E-state index in [1.165, 1.54) is 24.3 Å². The normalized spacial score (nSPS) is 14.2. The summed E-state index contributed by atoms with van der Waals surface area (Å²) in [4.78, 5) is 49.9. The molecule has 0 aliphatic carbocycles. The Morgan fingerprint density at radius 1 is 1.18 bits per heavy atom. The molecule has 1 aliphatic rings. The van der Waals surface area contributed by atoms with Crippen LogP contribution in [0.3, 0.4) is 0 Å². The Balaban J connectivity index is 1.50. The number of thioether (sulfide) groups is 1. The SMILES string of the molecule is Cc1ccc(NC(=O)COc2ccc(Br)cc2/C=C2\SC(=O)N(Cc3ccccc3[N+](=O)[O-])C2=O)cc1Cl. The number of halogens is 2. The summed E-state index contributed by atoms with van der Waals surface area (Å²) in [5.74, 6) is -0.683. The number of nitro benzene ring substituents is 1. The molecule has 3 aromatic carbocycles. The second-order valence-electron chi connectivity index (χ2n) is 8.14. The van der Waals surface area contributed by atoms with Crippen molar-refractivity contribution in [2.45, 2.75) is 13.5 Å². The lowest BCUT2D eigenvalue weighted by atomic mass is 10.1. The van der Waals surface area contributed by atoms with Gasteiger partial charge < -0.3 is 10.1 Å². The van der Waals surface area contributed by atoms with Gasteiger partial charge >= 0.3 is 0 Å². The van der Waals surface area contributed by atoms with Gasteiger partial charge in [0.25, 0.3) is 22.7 Å². The summed E-state index contributed by atoms with van der Waals surface area (Å²) < 4.78 is 6.40. The molecule has 1 aliphatic heterocycles. The van der Waals surface area contributed by atoms with E-state index >= 15 is 0 Å². The van der Waals surface area contributed by atoms with Crippen molar-refractivity contribution >= 4 is 73.8 Å². The molecule has 1 fully saturated rings. The monoisotopic (exact) mass is 615 g/mol. The third-order valence-corrected chi connectivity index (χ3v) is 7.27. The zero-order chi connectivity index (χ0) is 27.4. The Labute approximate surface area is 235 Å². The number of amides is 3. The van der Waals surface area contributed by atoms with Gasteiger partial charge in [-0.05, 0) is 60.7 Å². The molecule has 3 aromatic rings. The lowest BCUT2D eigenvalue weighted by molar-refractivity contribution is -0.385. The molecule has 0 saturated carbocycles. The van der Waals surface area contributed by atoms with Crippen molar-refractivity contribution in [1.82, 2.24) is 4.90 Å². The molecule has 3 amide bonds. The van der Waals surface area contributed by atoms with E-state index < -0.39 is 22.0 Å². The molecule has 4 rings (SSSR count). The van der Waals surface area contributed by atoms with Gasteiger partial charge in [-0.3, -0.25) is 29.4 Å². The second-order valence-corrected chi connectivity index (χ2v) is 10.5. The number of carbonyl (C=O) groups is 3. The maximum Gasteiger partial charge on any atom is 0.293 e. The number of anilines is 1. The van der Waals surface area contributed by atoms with Gasteiger partial charge in [0.05, 0.1) is 16.4 Å². The van der Waals surface area contributed by atoms with E-state index in [1.807, 2.05) is 6.92 Å². The number of benzene rings is 3. The van der Waals surface area contributed by atoms with Crippen LogP contribution in [0.4, 0.5) is 16.2 Å². The first-order chi connectivity index (χ1) is 18.1. The van der Waals surface area contributed by atoms with Crippen LogP contribution in [0.15, 0.2) is 70.0 Å². The van der Waals surface area contributed by atoms with Crippen molar-refractivity contribution in [3.63, 3.8) is 0 Å². The van der Waals surface area contributed by atoms with Crippen molar-refractivity contribution < 1.29 is 24.0 Å². The Morgan fingerprint density at radius 2 is 1.95 bits per heavy atom. The average Bonchev–Trinajstić information content (AvgIpc) is 3.13. The summed E-state index contributed by atoms with van der Waals surface area (Å²) in [7, 11) is 0. The van der Waals surface area contributed by atoms with Gasteiger partial charge in [0, 0.05) is 32.4 Å². The van der Waals surface area contributed by atoms with E-state index in [2.05, 4.69) is 21.2 Å². The number of hydrogen-bond donors (Lipinski definition) is 1. The summed E-state index contributed by atoms with van der Waals surface area (Å²) in [5.41, 5.74) is 1.93. The highest BCUT2D eigenvalue weighted by molar-refractivity contribution is 9.10. The van der Waals surface area contributed by atoms with E-state index in [-0.39, 0.29) is 29.3 Å². The number of nitrogens with zero attached hydrogens (tertiary/aromatic N) is 2. The maximum absolute atomic E-state index is 13.0. The van der Waals surface area contributed by atoms with Crippen LogP contribution in [0, 0.1) is 17.0 Å². The summed E-state index contributed by atoms with van der Waals surface area (Å²) >= 11 is 10.2. The molecular weight excluding hydrogens is 598 g/mol. The highest BCUT2D eigenvalue weighted by Gasteiger charge is 2.36. The fraction of sp³-hybridized carbons (Fsp3) is 0.115. The molecule has 1 saturated heterocycles. The Kier molecular flexibility index (Phi) is 8.50. The molecule has 38 heavy (non-hydrogen) atoms. The zero-order valence-corrected chi connectivity index (χ0v) is 22.9. The molecule has 0 unspecified atom stereocenters. The minimum absolute atomic E-state index is 0.121. The number of para-hydroxylation sites is 1. The topological polar surface area (TPSA) is 119 Å². The van der Waals surface area contributed by atoms with Gasteiger partial charge in [-0.15, -0.1) is 0 Å². The van der Waals surface area contributed by atoms with Crippen molar-refractivity contribution in [3.8, 4) is 5.75 Å². The van der Waals surface area contributed by atoms with Crippen molar-refractivity contribution in [2.75, 3.05) is 11.9 Å². The number of nitro groups is 1. The van der Waals surface area contributed by atoms with Crippen LogP contribution in [0.25, 0.3) is 6.08 Å².